The largest absolute Gasteiger partial charge is 0.477 e. The highest BCUT2D eigenvalue weighted by molar-refractivity contribution is 5.71. The number of carboxylic acid groups (broad SMARTS) is 1. The van der Waals surface area contributed by atoms with E-state index in [1.807, 2.05) is 13.8 Å². The quantitative estimate of drug-likeness (QED) is 0.461. The van der Waals surface area contributed by atoms with Gasteiger partial charge in [0.15, 0.2) is 6.04 Å². The van der Waals surface area contributed by atoms with E-state index in [0.29, 0.717) is 12.3 Å². The molecule has 0 amide bonds. The van der Waals surface area contributed by atoms with Crippen molar-refractivity contribution in [1.29, 1.82) is 0 Å². The molecule has 13 heavy (non-hydrogen) atoms. The van der Waals surface area contributed by atoms with Crippen LogP contribution in [0.4, 0.5) is 0 Å². The van der Waals surface area contributed by atoms with Crippen LogP contribution in [0.15, 0.2) is 0 Å². The van der Waals surface area contributed by atoms with Gasteiger partial charge >= 0.3 is 5.97 Å². The van der Waals surface area contributed by atoms with Crippen molar-refractivity contribution in [2.24, 2.45) is 5.92 Å². The molecule has 0 saturated heterocycles. The molecule has 7 heteroatoms. The van der Waals surface area contributed by atoms with Gasteiger partial charge in [0.1, 0.15) is 0 Å². The van der Waals surface area contributed by atoms with E-state index in [1.165, 1.54) is 0 Å². The van der Waals surface area contributed by atoms with Crippen LogP contribution in [0.1, 0.15) is 20.3 Å². The molecule has 0 spiro atoms. The van der Waals surface area contributed by atoms with Crippen LogP contribution in [-0.4, -0.2) is 22.2 Å². The molecular weight excluding hydrogens is 180 g/mol. The average Bonchev–Trinajstić information content (AvgIpc) is 1.83. The zero-order valence-corrected chi connectivity index (χ0v) is 7.60. The molecule has 0 rings (SSSR count). The standard InChI is InChI=1S/C6H13NO2.NO3/c1-4(2)3-5(7)6(8)9;2-1(3)4/h4-5H,3,7H2,1-2H3,(H,8,9);/q;-1/p+1/t5-;/m0./s1. The Morgan fingerprint density at radius 3 is 1.92 bits per heavy atom. The second-order valence-electron chi connectivity index (χ2n) is 2.89. The molecule has 0 saturated carbocycles. The predicted molar refractivity (Wildman–Crippen MR) is 44.1 cm³/mol. The van der Waals surface area contributed by atoms with Gasteiger partial charge in [-0.1, -0.05) is 13.8 Å². The van der Waals surface area contributed by atoms with Crippen LogP contribution in [0.2, 0.25) is 0 Å². The van der Waals surface area contributed by atoms with Gasteiger partial charge in [-0.2, -0.15) is 0 Å². The number of quaternary nitrogens is 1. The molecule has 0 aromatic heterocycles. The fourth-order valence-corrected chi connectivity index (χ4v) is 0.670. The molecule has 7 nitrogen and oxygen atoms in total. The highest BCUT2D eigenvalue weighted by Crippen LogP contribution is 2.00. The molecule has 1 atom stereocenters. The maximum absolute atomic E-state index is 10.2. The molecule has 0 bridgehead atoms. The topological polar surface area (TPSA) is 131 Å². The zero-order chi connectivity index (χ0) is 11.0. The highest BCUT2D eigenvalue weighted by Gasteiger charge is 2.15. The Balaban J connectivity index is 0. The molecule has 0 aliphatic carbocycles. The van der Waals surface area contributed by atoms with E-state index in [9.17, 15) is 4.79 Å². The summed E-state index contributed by atoms with van der Waals surface area (Å²) in [4.78, 5) is 18.4. The van der Waals surface area contributed by atoms with E-state index >= 15 is 0 Å². The fraction of sp³-hybridized carbons (Fsp3) is 0.833. The number of hydrogen-bond donors (Lipinski definition) is 2. The summed E-state index contributed by atoms with van der Waals surface area (Å²) in [5.41, 5.74) is 3.48. The Morgan fingerprint density at radius 2 is 1.85 bits per heavy atom. The van der Waals surface area contributed by atoms with Crippen molar-refractivity contribution in [3.8, 4) is 0 Å². The summed E-state index contributed by atoms with van der Waals surface area (Å²) in [5, 5.41) is 23.1. The van der Waals surface area contributed by atoms with E-state index < -0.39 is 17.1 Å². The maximum atomic E-state index is 10.2. The molecule has 0 heterocycles. The van der Waals surface area contributed by atoms with Crippen LogP contribution < -0.4 is 5.73 Å². The molecule has 78 valence electrons. The third-order valence-electron chi connectivity index (χ3n) is 1.11. The van der Waals surface area contributed by atoms with Gasteiger partial charge in [0.2, 0.25) is 0 Å². The zero-order valence-electron chi connectivity index (χ0n) is 7.60. The lowest BCUT2D eigenvalue weighted by atomic mass is 10.1. The first kappa shape index (κ1) is 14.2. The minimum atomic E-state index is -1.75. The Bertz CT molecular complexity index is 166. The summed E-state index contributed by atoms with van der Waals surface area (Å²) in [6.45, 7) is 3.97. The molecule has 0 aromatic rings. The van der Waals surface area contributed by atoms with Crippen molar-refractivity contribution in [2.45, 2.75) is 26.3 Å². The molecular formula is C6H14N2O5. The molecule has 0 radical (unpaired) electrons. The molecule has 0 fully saturated rings. The number of hydrogen-bond acceptors (Lipinski definition) is 4. The van der Waals surface area contributed by atoms with Crippen LogP contribution in [0.25, 0.3) is 0 Å². The van der Waals surface area contributed by atoms with Gasteiger partial charge in [0.05, 0.1) is 5.09 Å². The van der Waals surface area contributed by atoms with Gasteiger partial charge in [0, 0.05) is 6.42 Å². The van der Waals surface area contributed by atoms with E-state index in [-0.39, 0.29) is 0 Å². The van der Waals surface area contributed by atoms with E-state index in [0.717, 1.165) is 0 Å². The second kappa shape index (κ2) is 7.29. The minimum Gasteiger partial charge on any atom is -0.477 e. The van der Waals surface area contributed by atoms with E-state index in [1.54, 1.807) is 0 Å². The summed E-state index contributed by atoms with van der Waals surface area (Å²) in [7, 11) is 0. The monoisotopic (exact) mass is 194 g/mol. The summed E-state index contributed by atoms with van der Waals surface area (Å²) in [5.74, 6) is -0.382. The Labute approximate surface area is 75.3 Å². The van der Waals surface area contributed by atoms with Crippen LogP contribution in [-0.2, 0) is 4.79 Å². The van der Waals surface area contributed by atoms with Gasteiger partial charge in [-0.05, 0) is 5.92 Å². The van der Waals surface area contributed by atoms with Crippen LogP contribution in [0.5, 0.6) is 0 Å². The third kappa shape index (κ3) is 18.0. The molecule has 0 aliphatic rings. The number of rotatable bonds is 3. The van der Waals surface area contributed by atoms with Gasteiger partial charge in [-0.25, -0.2) is 4.79 Å². The average molecular weight is 194 g/mol. The number of nitrogens with zero attached hydrogens (tertiary/aromatic N) is 1. The number of carboxylic acids is 1. The van der Waals surface area contributed by atoms with E-state index in [2.05, 4.69) is 5.73 Å². The van der Waals surface area contributed by atoms with Gasteiger partial charge in [-0.15, -0.1) is 0 Å². The first-order valence-corrected chi connectivity index (χ1v) is 3.64. The smallest absolute Gasteiger partial charge is 0.362 e. The van der Waals surface area contributed by atoms with Gasteiger partial charge in [0.25, 0.3) is 0 Å². The van der Waals surface area contributed by atoms with Crippen molar-refractivity contribution in [2.75, 3.05) is 0 Å². The van der Waals surface area contributed by atoms with Crippen molar-refractivity contribution < 1.29 is 20.7 Å². The Kier molecular flexibility index (Phi) is 7.94. The summed E-state index contributed by atoms with van der Waals surface area (Å²) in [6.07, 6.45) is 0.662. The molecule has 0 unspecified atom stereocenters. The Morgan fingerprint density at radius 1 is 1.54 bits per heavy atom. The number of carbonyl (C=O) groups is 1. The van der Waals surface area contributed by atoms with Crippen LogP contribution in [0, 0.1) is 21.2 Å². The van der Waals surface area contributed by atoms with Gasteiger partial charge < -0.3 is 26.2 Å². The molecule has 0 aliphatic heterocycles. The highest BCUT2D eigenvalue weighted by atomic mass is 16.9. The maximum Gasteiger partial charge on any atom is 0.362 e. The van der Waals surface area contributed by atoms with Crippen molar-refractivity contribution in [3.05, 3.63) is 15.3 Å². The lowest BCUT2D eigenvalue weighted by Gasteiger charge is -2.04. The summed E-state index contributed by atoms with van der Waals surface area (Å²) < 4.78 is 0. The molecule has 4 N–H and O–H groups in total. The van der Waals surface area contributed by atoms with Crippen molar-refractivity contribution >= 4 is 5.97 Å². The first-order chi connectivity index (χ1) is 5.77. The van der Waals surface area contributed by atoms with E-state index in [4.69, 9.17) is 20.4 Å². The normalized spacial score (nSPS) is 11.4. The first-order valence-electron chi connectivity index (χ1n) is 3.64. The second-order valence-corrected chi connectivity index (χ2v) is 2.89. The van der Waals surface area contributed by atoms with Crippen LogP contribution >= 0.6 is 0 Å². The molecule has 0 aromatic carbocycles. The summed E-state index contributed by atoms with van der Waals surface area (Å²) in [6, 6.07) is -0.440. The van der Waals surface area contributed by atoms with Crippen molar-refractivity contribution in [1.82, 2.24) is 0 Å². The number of aliphatic carboxylic acids is 1. The van der Waals surface area contributed by atoms with Crippen LogP contribution in [0.3, 0.4) is 0 Å². The minimum absolute atomic E-state index is 0.420. The lowest BCUT2D eigenvalue weighted by Crippen LogP contribution is -2.65. The third-order valence-corrected chi connectivity index (χ3v) is 1.11. The lowest BCUT2D eigenvalue weighted by molar-refractivity contribution is -0.410. The summed E-state index contributed by atoms with van der Waals surface area (Å²) >= 11 is 0. The Hall–Kier alpha value is -1.37. The fourth-order valence-electron chi connectivity index (χ4n) is 0.670. The predicted octanol–water partition coefficient (Wildman–Crippen LogP) is -0.511. The van der Waals surface area contributed by atoms with Gasteiger partial charge in [-0.3, -0.25) is 0 Å². The van der Waals surface area contributed by atoms with Crippen molar-refractivity contribution in [3.63, 3.8) is 0 Å². The SMILES string of the molecule is CC(C)C[C@H]([NH3+])C(=O)O.O=[N+]([O-])[O-].